The molecule has 0 saturated heterocycles. The lowest BCUT2D eigenvalue weighted by Gasteiger charge is -2.21. The molecule has 8 heteroatoms. The molecule has 26 heavy (non-hydrogen) atoms. The fourth-order valence-electron chi connectivity index (χ4n) is 2.12. The van der Waals surface area contributed by atoms with Crippen molar-refractivity contribution in [2.45, 2.75) is 19.9 Å². The second-order valence-corrected chi connectivity index (χ2v) is 5.86. The normalized spacial score (nSPS) is 11.5. The third-order valence-corrected chi connectivity index (χ3v) is 3.54. The van der Waals surface area contributed by atoms with Crippen molar-refractivity contribution in [2.75, 3.05) is 0 Å². The minimum atomic E-state index is -0.892. The summed E-state index contributed by atoms with van der Waals surface area (Å²) in [4.78, 5) is 40.3. The molecule has 1 atom stereocenters. The molecule has 1 heterocycles. The van der Waals surface area contributed by atoms with Gasteiger partial charge in [-0.1, -0.05) is 19.9 Å². The Morgan fingerprint density at radius 3 is 2.23 bits per heavy atom. The van der Waals surface area contributed by atoms with Crippen LogP contribution < -0.4 is 16.2 Å². The summed E-state index contributed by atoms with van der Waals surface area (Å²) in [6, 6.07) is 8.87. The van der Waals surface area contributed by atoms with Crippen LogP contribution in [-0.2, 0) is 4.79 Å². The van der Waals surface area contributed by atoms with E-state index in [0.717, 1.165) is 12.1 Å². The largest absolute Gasteiger partial charge is 0.340 e. The molecule has 136 valence electrons. The van der Waals surface area contributed by atoms with Crippen molar-refractivity contribution in [3.05, 3.63) is 65.7 Å². The number of carbonyl (C=O) groups is 3. The van der Waals surface area contributed by atoms with Crippen LogP contribution in [0.1, 0.15) is 34.7 Å². The summed E-state index contributed by atoms with van der Waals surface area (Å²) in [6.07, 6.45) is 1.45. The summed E-state index contributed by atoms with van der Waals surface area (Å²) in [7, 11) is 0. The first-order valence-electron chi connectivity index (χ1n) is 7.96. The molecule has 2 rings (SSSR count). The summed E-state index contributed by atoms with van der Waals surface area (Å²) in [5.74, 6) is -2.39. The second-order valence-electron chi connectivity index (χ2n) is 5.86. The van der Waals surface area contributed by atoms with Crippen LogP contribution in [0.25, 0.3) is 0 Å². The molecule has 0 fully saturated rings. The van der Waals surface area contributed by atoms with Gasteiger partial charge in [-0.25, -0.2) is 4.39 Å². The lowest BCUT2D eigenvalue weighted by atomic mass is 10.0. The maximum absolute atomic E-state index is 12.9. The van der Waals surface area contributed by atoms with E-state index in [9.17, 15) is 18.8 Å². The Morgan fingerprint density at radius 2 is 1.65 bits per heavy atom. The molecule has 1 unspecified atom stereocenters. The number of nitrogens with one attached hydrogen (secondary N) is 3. The molecule has 0 aliphatic heterocycles. The predicted octanol–water partition coefficient (Wildman–Crippen LogP) is 1.44. The van der Waals surface area contributed by atoms with E-state index in [-0.39, 0.29) is 17.2 Å². The molecule has 0 aliphatic rings. The van der Waals surface area contributed by atoms with Gasteiger partial charge in [0.15, 0.2) is 0 Å². The van der Waals surface area contributed by atoms with Gasteiger partial charge in [0.1, 0.15) is 17.6 Å². The first-order chi connectivity index (χ1) is 12.4. The second kappa shape index (κ2) is 8.70. The minimum Gasteiger partial charge on any atom is -0.340 e. The van der Waals surface area contributed by atoms with Crippen LogP contribution in [0.15, 0.2) is 48.7 Å². The summed E-state index contributed by atoms with van der Waals surface area (Å²) in [5, 5.41) is 2.58. The SMILES string of the molecule is CC(C)C(NC(=O)c1ccc(F)cc1)C(=O)NNC(=O)c1ccccn1. The van der Waals surface area contributed by atoms with Crippen LogP contribution in [-0.4, -0.2) is 28.7 Å². The van der Waals surface area contributed by atoms with Gasteiger partial charge in [0, 0.05) is 11.8 Å². The summed E-state index contributed by atoms with van der Waals surface area (Å²) in [6.45, 7) is 3.49. The summed E-state index contributed by atoms with van der Waals surface area (Å²) >= 11 is 0. The molecule has 7 nitrogen and oxygen atoms in total. The van der Waals surface area contributed by atoms with Crippen molar-refractivity contribution < 1.29 is 18.8 Å². The predicted molar refractivity (Wildman–Crippen MR) is 92.3 cm³/mol. The molecule has 1 aromatic heterocycles. The maximum atomic E-state index is 12.9. The molecule has 0 radical (unpaired) electrons. The van der Waals surface area contributed by atoms with Crippen LogP contribution in [0.3, 0.4) is 0 Å². The zero-order chi connectivity index (χ0) is 19.1. The van der Waals surface area contributed by atoms with Crippen LogP contribution in [0, 0.1) is 11.7 Å². The van der Waals surface area contributed by atoms with Gasteiger partial charge in [-0.15, -0.1) is 0 Å². The lowest BCUT2D eigenvalue weighted by Crippen LogP contribution is -2.54. The Hall–Kier alpha value is -3.29. The van der Waals surface area contributed by atoms with Crippen molar-refractivity contribution in [2.24, 2.45) is 5.92 Å². The fourth-order valence-corrected chi connectivity index (χ4v) is 2.12. The van der Waals surface area contributed by atoms with E-state index >= 15 is 0 Å². The minimum absolute atomic E-state index is 0.143. The van der Waals surface area contributed by atoms with E-state index in [4.69, 9.17) is 0 Å². The number of hydrogen-bond acceptors (Lipinski definition) is 4. The molecule has 0 saturated carbocycles. The first kappa shape index (κ1) is 19.0. The number of hydrogen-bond donors (Lipinski definition) is 3. The molecule has 0 bridgehead atoms. The number of benzene rings is 1. The van der Waals surface area contributed by atoms with Crippen LogP contribution in [0.2, 0.25) is 0 Å². The first-order valence-corrected chi connectivity index (χ1v) is 7.96. The standard InChI is InChI=1S/C18H19FN4O3/c1-11(2)15(21-16(24)12-6-8-13(19)9-7-12)18(26)23-22-17(25)14-5-3-4-10-20-14/h3-11,15H,1-2H3,(H,21,24)(H,22,25)(H,23,26). The number of amides is 3. The van der Waals surface area contributed by atoms with Gasteiger partial charge in [0.2, 0.25) is 0 Å². The highest BCUT2D eigenvalue weighted by molar-refractivity contribution is 5.98. The highest BCUT2D eigenvalue weighted by Gasteiger charge is 2.25. The number of nitrogens with zero attached hydrogens (tertiary/aromatic N) is 1. The van der Waals surface area contributed by atoms with Crippen LogP contribution in [0.5, 0.6) is 0 Å². The average molecular weight is 358 g/mol. The third kappa shape index (κ3) is 5.10. The highest BCUT2D eigenvalue weighted by Crippen LogP contribution is 2.06. The third-order valence-electron chi connectivity index (χ3n) is 3.54. The van der Waals surface area contributed by atoms with Crippen molar-refractivity contribution in [3.63, 3.8) is 0 Å². The molecular weight excluding hydrogens is 339 g/mol. The number of carbonyl (C=O) groups excluding carboxylic acids is 3. The van der Waals surface area contributed by atoms with E-state index in [1.54, 1.807) is 26.0 Å². The van der Waals surface area contributed by atoms with Gasteiger partial charge in [-0.2, -0.15) is 0 Å². The molecule has 3 N–H and O–H groups in total. The van der Waals surface area contributed by atoms with E-state index in [1.807, 2.05) is 0 Å². The van der Waals surface area contributed by atoms with Crippen molar-refractivity contribution in [1.82, 2.24) is 21.2 Å². The Kier molecular flexibility index (Phi) is 6.37. The quantitative estimate of drug-likeness (QED) is 0.704. The van der Waals surface area contributed by atoms with Gasteiger partial charge >= 0.3 is 0 Å². The van der Waals surface area contributed by atoms with Crippen molar-refractivity contribution in [1.29, 1.82) is 0 Å². The molecule has 0 aliphatic carbocycles. The van der Waals surface area contributed by atoms with Gasteiger partial charge in [0.25, 0.3) is 17.7 Å². The zero-order valence-corrected chi connectivity index (χ0v) is 14.3. The molecule has 1 aromatic carbocycles. The number of rotatable bonds is 5. The van der Waals surface area contributed by atoms with Crippen LogP contribution in [0.4, 0.5) is 4.39 Å². The van der Waals surface area contributed by atoms with Crippen molar-refractivity contribution in [3.8, 4) is 0 Å². The number of hydrazine groups is 1. The fraction of sp³-hybridized carbons (Fsp3) is 0.222. The zero-order valence-electron chi connectivity index (χ0n) is 14.3. The number of pyridine rings is 1. The Balaban J connectivity index is 1.97. The smallest absolute Gasteiger partial charge is 0.288 e. The van der Waals surface area contributed by atoms with Gasteiger partial charge in [-0.05, 0) is 42.3 Å². The van der Waals surface area contributed by atoms with E-state index in [1.165, 1.54) is 24.4 Å². The van der Waals surface area contributed by atoms with Crippen LogP contribution >= 0.6 is 0 Å². The maximum Gasteiger partial charge on any atom is 0.288 e. The van der Waals surface area contributed by atoms with Gasteiger partial charge in [-0.3, -0.25) is 30.2 Å². The summed E-state index contributed by atoms with van der Waals surface area (Å²) < 4.78 is 12.9. The van der Waals surface area contributed by atoms with Crippen molar-refractivity contribution >= 4 is 17.7 Å². The summed E-state index contributed by atoms with van der Waals surface area (Å²) in [5.41, 5.74) is 4.90. The number of aromatic nitrogens is 1. The average Bonchev–Trinajstić information content (AvgIpc) is 2.64. The molecule has 0 spiro atoms. The number of halogens is 1. The molecule has 2 aromatic rings. The molecular formula is C18H19FN4O3. The lowest BCUT2D eigenvalue weighted by molar-refractivity contribution is -0.124. The van der Waals surface area contributed by atoms with E-state index in [0.29, 0.717) is 0 Å². The highest BCUT2D eigenvalue weighted by atomic mass is 19.1. The monoisotopic (exact) mass is 358 g/mol. The topological polar surface area (TPSA) is 100 Å². The Labute approximate surface area is 150 Å². The van der Waals surface area contributed by atoms with Gasteiger partial charge in [0.05, 0.1) is 0 Å². The van der Waals surface area contributed by atoms with E-state index < -0.39 is 29.6 Å². The molecule has 3 amide bonds. The van der Waals surface area contributed by atoms with E-state index in [2.05, 4.69) is 21.2 Å². The van der Waals surface area contributed by atoms with Gasteiger partial charge < -0.3 is 5.32 Å². The Morgan fingerprint density at radius 1 is 0.962 bits per heavy atom. The Bertz CT molecular complexity index is 779.